The Kier molecular flexibility index (Phi) is 6.46. The van der Waals surface area contributed by atoms with Crippen LogP contribution in [0.3, 0.4) is 0 Å². The number of piperidine rings is 1. The number of ether oxygens (including phenoxy) is 1. The van der Waals surface area contributed by atoms with Gasteiger partial charge in [0.2, 0.25) is 0 Å². The van der Waals surface area contributed by atoms with Gasteiger partial charge in [-0.2, -0.15) is 0 Å². The second kappa shape index (κ2) is 10.2. The molecule has 244 valence electrons. The van der Waals surface area contributed by atoms with Crippen LogP contribution in [0.5, 0.6) is 5.75 Å². The van der Waals surface area contributed by atoms with E-state index in [0.29, 0.717) is 18.5 Å². The van der Waals surface area contributed by atoms with Crippen LogP contribution >= 0.6 is 0 Å². The molecule has 1 aliphatic heterocycles. The van der Waals surface area contributed by atoms with Gasteiger partial charge in [-0.25, -0.2) is 0 Å². The molecule has 47 heavy (non-hydrogen) atoms. The van der Waals surface area contributed by atoms with Crippen molar-refractivity contribution in [2.45, 2.75) is 69.8 Å². The van der Waals surface area contributed by atoms with Gasteiger partial charge < -0.3 is 14.7 Å². The van der Waals surface area contributed by atoms with Crippen LogP contribution in [-0.2, 0) is 15.0 Å². The monoisotopic (exact) mass is 631 g/mol. The first-order valence-electron chi connectivity index (χ1n) is 17.9. The van der Waals surface area contributed by atoms with E-state index in [0.717, 1.165) is 55.5 Å². The highest BCUT2D eigenvalue weighted by atomic mass is 16.5. The van der Waals surface area contributed by atoms with Crippen LogP contribution in [0, 0.1) is 52.3 Å². The number of allylic oxidation sites excluding steroid dienone is 4. The molecule has 6 nitrogen and oxygen atoms in total. The molecule has 2 bridgehead atoms. The summed E-state index contributed by atoms with van der Waals surface area (Å²) in [6, 6.07) is 17.8. The lowest BCUT2D eigenvalue weighted by Gasteiger charge is -2.58. The topological polar surface area (TPSA) is 83.9 Å². The molecule has 7 aliphatic rings. The maximum absolute atomic E-state index is 14.6. The summed E-state index contributed by atoms with van der Waals surface area (Å²) in [5.41, 5.74) is 1.89. The standard InChI is InChI=1S/C41H45NO5/c1-39-18-6-7-19-40(39)20-21-41(39,25-12-14-26(47-2)15-13-25)34-31(43)23-29-33(35(34)40)37(45)32-27-11-8-22-42(30(27)17-16-28(32)36(29)44)38(46)24-9-4-3-5-10-24/h3-5,9-10,12-15,17,20-21,27-29,32-35,37,45H,6-8,11,16,18-19,22-23H2,1-2H3/t27-,28+,29+,32-,33+,34+,35-,37+,39-,40+,41+/m0/s1. The van der Waals surface area contributed by atoms with Crippen LogP contribution in [-0.4, -0.2) is 47.2 Å². The zero-order chi connectivity index (χ0) is 32.3. The number of nitrogens with zero attached hydrogens (tertiary/aromatic N) is 1. The van der Waals surface area contributed by atoms with Crippen molar-refractivity contribution in [2.24, 2.45) is 52.3 Å². The van der Waals surface area contributed by atoms with Gasteiger partial charge >= 0.3 is 0 Å². The minimum absolute atomic E-state index is 0.00522. The van der Waals surface area contributed by atoms with E-state index in [1.165, 1.54) is 0 Å². The largest absolute Gasteiger partial charge is 0.497 e. The number of hydrogen-bond donors (Lipinski definition) is 1. The number of ketones is 2. The number of carbonyl (C=O) groups excluding carboxylic acids is 3. The quantitative estimate of drug-likeness (QED) is 0.389. The van der Waals surface area contributed by atoms with Crippen LogP contribution in [0.25, 0.3) is 0 Å². The Balaban J connectivity index is 1.14. The lowest BCUT2D eigenvalue weighted by molar-refractivity contribution is -0.170. The molecular weight excluding hydrogens is 586 g/mol. The van der Waals surface area contributed by atoms with Gasteiger partial charge in [0.15, 0.2) is 0 Å². The first-order chi connectivity index (χ1) is 22.8. The van der Waals surface area contributed by atoms with Crippen molar-refractivity contribution in [3.05, 3.63) is 89.6 Å². The van der Waals surface area contributed by atoms with Crippen LogP contribution in [0.4, 0.5) is 0 Å². The molecule has 1 N–H and O–H groups in total. The van der Waals surface area contributed by atoms with E-state index >= 15 is 0 Å². The van der Waals surface area contributed by atoms with Gasteiger partial charge in [0.05, 0.1) is 13.2 Å². The number of aliphatic hydroxyl groups excluding tert-OH is 1. The summed E-state index contributed by atoms with van der Waals surface area (Å²) in [6.45, 7) is 3.06. The summed E-state index contributed by atoms with van der Waals surface area (Å²) >= 11 is 0. The number of fused-ring (bicyclic) bond motifs is 7. The zero-order valence-electron chi connectivity index (χ0n) is 27.4. The van der Waals surface area contributed by atoms with E-state index in [1.54, 1.807) is 7.11 Å². The fourth-order valence-electron chi connectivity index (χ4n) is 12.9. The molecule has 6 heteroatoms. The van der Waals surface area contributed by atoms with Gasteiger partial charge in [-0.05, 0) is 84.6 Å². The number of methoxy groups -OCH3 is 1. The minimum atomic E-state index is -0.704. The van der Waals surface area contributed by atoms with E-state index < -0.39 is 17.4 Å². The Morgan fingerprint density at radius 1 is 0.915 bits per heavy atom. The van der Waals surface area contributed by atoms with Crippen molar-refractivity contribution in [3.8, 4) is 5.75 Å². The Bertz CT molecular complexity index is 1710. The molecule has 6 aliphatic carbocycles. The van der Waals surface area contributed by atoms with Gasteiger partial charge in [-0.3, -0.25) is 14.4 Å². The number of carbonyl (C=O) groups is 3. The molecule has 1 amide bonds. The van der Waals surface area contributed by atoms with Crippen molar-refractivity contribution < 1.29 is 24.2 Å². The lowest BCUT2D eigenvalue weighted by Crippen LogP contribution is -2.63. The first-order valence-corrected chi connectivity index (χ1v) is 17.9. The van der Waals surface area contributed by atoms with Gasteiger partial charge in [0.1, 0.15) is 17.3 Å². The molecule has 0 radical (unpaired) electrons. The molecule has 4 saturated carbocycles. The number of benzene rings is 2. The zero-order valence-corrected chi connectivity index (χ0v) is 27.4. The number of Topliss-reactive ketones (excluding diaryl/α,β-unsaturated/α-hetero) is 2. The molecule has 0 unspecified atom stereocenters. The highest BCUT2D eigenvalue weighted by molar-refractivity contribution is 5.96. The molecule has 1 heterocycles. The molecule has 0 aromatic heterocycles. The van der Waals surface area contributed by atoms with E-state index in [1.807, 2.05) is 47.4 Å². The predicted molar refractivity (Wildman–Crippen MR) is 177 cm³/mol. The third-order valence-electron chi connectivity index (χ3n) is 14.6. The molecule has 1 saturated heterocycles. The summed E-state index contributed by atoms with van der Waals surface area (Å²) in [5.74, 6) is -0.504. The molecule has 11 atom stereocenters. The van der Waals surface area contributed by atoms with E-state index in [2.05, 4.69) is 37.3 Å². The highest BCUT2D eigenvalue weighted by Crippen LogP contribution is 2.81. The number of aliphatic hydroxyl groups is 1. The summed E-state index contributed by atoms with van der Waals surface area (Å²) in [7, 11) is 1.68. The summed E-state index contributed by atoms with van der Waals surface area (Å²) in [5, 5.41) is 12.8. The van der Waals surface area contributed by atoms with Crippen molar-refractivity contribution in [2.75, 3.05) is 13.7 Å². The number of amides is 1. The second-order valence-corrected chi connectivity index (χ2v) is 15.9. The summed E-state index contributed by atoms with van der Waals surface area (Å²) in [6.07, 6.45) is 12.9. The first kappa shape index (κ1) is 29.6. The van der Waals surface area contributed by atoms with Crippen LogP contribution in [0.1, 0.15) is 74.2 Å². The normalized spacial score (nSPS) is 42.9. The second-order valence-electron chi connectivity index (χ2n) is 15.9. The van der Waals surface area contributed by atoms with E-state index in [9.17, 15) is 19.5 Å². The van der Waals surface area contributed by atoms with Gasteiger partial charge in [0, 0.05) is 59.2 Å². The average Bonchev–Trinajstić information content (AvgIpc) is 3.50. The van der Waals surface area contributed by atoms with Crippen LogP contribution in [0.15, 0.2) is 78.5 Å². The Morgan fingerprint density at radius 2 is 1.68 bits per heavy atom. The SMILES string of the molecule is COc1ccc([C@@]23C=C[C@]4(CCCC[C@@]42C)[C@H]2[C@@H]4[C@H](O)[C@@H]5[C@@H](CC=C6[C@@H]5CCCN6C(=O)c5ccccc5)C(=O)[C@@H]4CC(=O)[C@H]23)cc1. The molecule has 0 spiro atoms. The molecule has 9 rings (SSSR count). The predicted octanol–water partition coefficient (Wildman–Crippen LogP) is 6.54. The van der Waals surface area contributed by atoms with Crippen molar-refractivity contribution >= 4 is 17.5 Å². The summed E-state index contributed by atoms with van der Waals surface area (Å²) in [4.78, 5) is 45.0. The van der Waals surface area contributed by atoms with E-state index in [4.69, 9.17) is 4.74 Å². The molecule has 2 aromatic carbocycles. The van der Waals surface area contributed by atoms with Gasteiger partial charge in [-0.15, -0.1) is 0 Å². The molecule has 5 fully saturated rings. The minimum Gasteiger partial charge on any atom is -0.497 e. The third kappa shape index (κ3) is 3.58. The lowest BCUT2D eigenvalue weighted by atomic mass is 9.46. The molecular formula is C41H45NO5. The van der Waals surface area contributed by atoms with Gasteiger partial charge in [-0.1, -0.05) is 68.3 Å². The summed E-state index contributed by atoms with van der Waals surface area (Å²) < 4.78 is 5.52. The van der Waals surface area contributed by atoms with Crippen molar-refractivity contribution in [1.82, 2.24) is 4.90 Å². The maximum Gasteiger partial charge on any atom is 0.258 e. The number of rotatable bonds is 3. The van der Waals surface area contributed by atoms with E-state index in [-0.39, 0.29) is 70.2 Å². The maximum atomic E-state index is 14.6. The smallest absolute Gasteiger partial charge is 0.258 e. The average molecular weight is 632 g/mol. The van der Waals surface area contributed by atoms with Crippen molar-refractivity contribution in [1.29, 1.82) is 0 Å². The van der Waals surface area contributed by atoms with Crippen LogP contribution < -0.4 is 4.74 Å². The molecule has 2 aromatic rings. The number of hydrogen-bond acceptors (Lipinski definition) is 5. The Morgan fingerprint density at radius 3 is 2.45 bits per heavy atom. The third-order valence-corrected chi connectivity index (χ3v) is 14.6. The number of likely N-dealkylation sites (tertiary alicyclic amines) is 1. The van der Waals surface area contributed by atoms with Gasteiger partial charge in [0.25, 0.3) is 5.91 Å². The fourth-order valence-corrected chi connectivity index (χ4v) is 12.9. The van der Waals surface area contributed by atoms with Crippen LogP contribution in [0.2, 0.25) is 0 Å². The Hall–Kier alpha value is -3.51. The van der Waals surface area contributed by atoms with Crippen molar-refractivity contribution in [3.63, 3.8) is 0 Å². The highest BCUT2D eigenvalue weighted by Gasteiger charge is 2.80. The Labute approximate surface area is 277 Å². The fraction of sp³-hybridized carbons (Fsp3) is 0.537.